The van der Waals surface area contributed by atoms with Crippen molar-refractivity contribution in [1.29, 1.82) is 0 Å². The van der Waals surface area contributed by atoms with Gasteiger partial charge in [0.05, 0.1) is 5.60 Å². The van der Waals surface area contributed by atoms with Gasteiger partial charge in [0.2, 0.25) is 0 Å². The summed E-state index contributed by atoms with van der Waals surface area (Å²) in [6.07, 6.45) is 8.41. The minimum atomic E-state index is -0.393. The quantitative estimate of drug-likeness (QED) is 0.328. The van der Waals surface area contributed by atoms with Gasteiger partial charge in [-0.3, -0.25) is 14.4 Å². The first kappa shape index (κ1) is 24.8. The van der Waals surface area contributed by atoms with Gasteiger partial charge in [0.25, 0.3) is 0 Å². The Kier molecular flexibility index (Phi) is 6.09. The molecule has 1 saturated heterocycles. The summed E-state index contributed by atoms with van der Waals surface area (Å²) in [5.41, 5.74) is 0.596. The molecule has 4 aliphatic carbocycles. The first-order valence-electron chi connectivity index (χ1n) is 13.4. The molecule has 0 N–H and O–H groups in total. The van der Waals surface area contributed by atoms with Gasteiger partial charge in [0.1, 0.15) is 18.3 Å². The summed E-state index contributed by atoms with van der Waals surface area (Å²) in [6, 6.07) is 0. The van der Waals surface area contributed by atoms with E-state index < -0.39 is 6.10 Å². The second-order valence-electron chi connectivity index (χ2n) is 12.1. The maximum atomic E-state index is 12.4. The number of hydrogen-bond acceptors (Lipinski definition) is 7. The van der Waals surface area contributed by atoms with Gasteiger partial charge in [-0.2, -0.15) is 0 Å². The van der Waals surface area contributed by atoms with Gasteiger partial charge in [-0.15, -0.1) is 0 Å². The topological polar surface area (TPSA) is 88.1 Å². The third-order valence-electron chi connectivity index (χ3n) is 10.3. The van der Waals surface area contributed by atoms with Crippen molar-refractivity contribution in [1.82, 2.24) is 0 Å². The van der Waals surface area contributed by atoms with Crippen molar-refractivity contribution in [3.63, 3.8) is 0 Å². The fourth-order valence-corrected chi connectivity index (χ4v) is 9.06. The van der Waals surface area contributed by atoms with Gasteiger partial charge >= 0.3 is 17.9 Å². The van der Waals surface area contributed by atoms with Crippen LogP contribution in [0.5, 0.6) is 0 Å². The number of carbonyl (C=O) groups excluding carboxylic acids is 3. The van der Waals surface area contributed by atoms with Crippen molar-refractivity contribution in [3.05, 3.63) is 11.6 Å². The summed E-state index contributed by atoms with van der Waals surface area (Å²) in [4.78, 5) is 36.3. The minimum Gasteiger partial charge on any atom is -0.462 e. The number of ether oxygens (including phenoxy) is 4. The van der Waals surface area contributed by atoms with Crippen LogP contribution >= 0.6 is 0 Å². The molecule has 5 rings (SSSR count). The van der Waals surface area contributed by atoms with Crippen LogP contribution in [0.3, 0.4) is 0 Å². The van der Waals surface area contributed by atoms with E-state index in [1.165, 1.54) is 20.8 Å². The summed E-state index contributed by atoms with van der Waals surface area (Å²) in [6.45, 7) is 9.78. The number of fused-ring (bicyclic) bond motifs is 6. The van der Waals surface area contributed by atoms with Crippen LogP contribution < -0.4 is 0 Å². The van der Waals surface area contributed by atoms with Gasteiger partial charge in [0.15, 0.2) is 0 Å². The van der Waals surface area contributed by atoms with E-state index in [1.54, 1.807) is 0 Å². The van der Waals surface area contributed by atoms with E-state index in [-0.39, 0.29) is 58.4 Å². The average molecular weight is 489 g/mol. The first-order chi connectivity index (χ1) is 16.5. The highest BCUT2D eigenvalue weighted by Crippen LogP contribution is 2.70. The standard InChI is InChI=1S/C28H40O7/c1-16(29)33-20-7-10-26(4)19(13-20)14-22(34-17(2)30)24-21-8-11-28(9-6-12-32-28)27(21,5)15-23(25(24)26)35-18(3)31/h14,20-25H,6-13,15H2,1-5H3/t20-,21-,22-,23+,24?,25?,26?,27-,28?/m0/s1. The highest BCUT2D eigenvalue weighted by molar-refractivity contribution is 5.67. The van der Waals surface area contributed by atoms with E-state index in [9.17, 15) is 14.4 Å². The summed E-state index contributed by atoms with van der Waals surface area (Å²) in [5.74, 6) is -0.463. The van der Waals surface area contributed by atoms with Crippen LogP contribution in [0, 0.1) is 28.6 Å². The predicted octanol–water partition coefficient (Wildman–Crippen LogP) is 4.51. The average Bonchev–Trinajstić information content (AvgIpc) is 3.34. The van der Waals surface area contributed by atoms with Crippen molar-refractivity contribution in [2.45, 2.75) is 110 Å². The van der Waals surface area contributed by atoms with E-state index in [0.29, 0.717) is 12.3 Å². The van der Waals surface area contributed by atoms with E-state index in [2.05, 4.69) is 19.9 Å². The van der Waals surface area contributed by atoms with Gasteiger partial charge in [-0.1, -0.05) is 19.4 Å². The van der Waals surface area contributed by atoms with Crippen molar-refractivity contribution in [3.8, 4) is 0 Å². The number of esters is 3. The van der Waals surface area contributed by atoms with Gasteiger partial charge < -0.3 is 18.9 Å². The monoisotopic (exact) mass is 488 g/mol. The fraction of sp³-hybridized carbons (Fsp3) is 0.821. The molecule has 0 aromatic heterocycles. The lowest BCUT2D eigenvalue weighted by Gasteiger charge is -2.62. The Balaban J connectivity index is 1.60. The Morgan fingerprint density at radius 2 is 1.66 bits per heavy atom. The molecule has 0 aromatic carbocycles. The van der Waals surface area contributed by atoms with Crippen LogP contribution in [-0.4, -0.2) is 48.4 Å². The van der Waals surface area contributed by atoms with Crippen molar-refractivity contribution in [2.24, 2.45) is 28.6 Å². The molecule has 0 bridgehead atoms. The van der Waals surface area contributed by atoms with Crippen LogP contribution in [0.1, 0.15) is 86.0 Å². The van der Waals surface area contributed by atoms with Crippen LogP contribution in [0.4, 0.5) is 0 Å². The molecule has 7 heteroatoms. The van der Waals surface area contributed by atoms with Gasteiger partial charge in [0, 0.05) is 51.0 Å². The van der Waals surface area contributed by atoms with E-state index >= 15 is 0 Å². The molecule has 194 valence electrons. The second-order valence-corrected chi connectivity index (χ2v) is 12.1. The summed E-state index contributed by atoms with van der Waals surface area (Å²) in [5, 5.41) is 0. The maximum absolute atomic E-state index is 12.4. The van der Waals surface area contributed by atoms with Crippen LogP contribution in [0.2, 0.25) is 0 Å². The molecular weight excluding hydrogens is 448 g/mol. The zero-order valence-electron chi connectivity index (χ0n) is 21.8. The summed E-state index contributed by atoms with van der Waals surface area (Å²) >= 11 is 0. The van der Waals surface area contributed by atoms with Crippen LogP contribution in [0.25, 0.3) is 0 Å². The van der Waals surface area contributed by atoms with Crippen LogP contribution in [0.15, 0.2) is 11.6 Å². The SMILES string of the molecule is CC(=O)O[C@H]1CCC2(C)C(=C[C@H](OC(C)=O)C3C2[C@H](OC(C)=O)C[C@@]2(C)[C@H]3CCC23CCCO3)C1. The molecule has 0 radical (unpaired) electrons. The molecule has 9 atom stereocenters. The van der Waals surface area contributed by atoms with Crippen molar-refractivity contribution in [2.75, 3.05) is 6.61 Å². The largest absolute Gasteiger partial charge is 0.462 e. The second kappa shape index (κ2) is 8.60. The molecule has 4 unspecified atom stereocenters. The summed E-state index contributed by atoms with van der Waals surface area (Å²) in [7, 11) is 0. The van der Waals surface area contributed by atoms with E-state index in [1.807, 2.05) is 0 Å². The highest BCUT2D eigenvalue weighted by atomic mass is 16.6. The Morgan fingerprint density at radius 1 is 0.943 bits per heavy atom. The molecule has 0 aromatic rings. The maximum Gasteiger partial charge on any atom is 0.303 e. The molecule has 0 amide bonds. The first-order valence-corrected chi connectivity index (χ1v) is 13.4. The molecule has 1 spiro atoms. The zero-order chi connectivity index (χ0) is 25.2. The Bertz CT molecular complexity index is 934. The number of carbonyl (C=O) groups is 3. The normalized spacial score (nSPS) is 46.1. The fourth-order valence-electron chi connectivity index (χ4n) is 9.06. The molecular formula is C28H40O7. The lowest BCUT2D eigenvalue weighted by atomic mass is 9.45. The molecule has 35 heavy (non-hydrogen) atoms. The Hall–Kier alpha value is -1.89. The van der Waals surface area contributed by atoms with Crippen LogP contribution in [-0.2, 0) is 33.3 Å². The molecule has 7 nitrogen and oxygen atoms in total. The zero-order valence-corrected chi connectivity index (χ0v) is 21.8. The molecule has 1 aliphatic heterocycles. The third kappa shape index (κ3) is 3.84. The number of hydrogen-bond donors (Lipinski definition) is 0. The lowest BCUT2D eigenvalue weighted by Crippen LogP contribution is -2.63. The highest BCUT2D eigenvalue weighted by Gasteiger charge is 2.70. The van der Waals surface area contributed by atoms with E-state index in [4.69, 9.17) is 18.9 Å². The van der Waals surface area contributed by atoms with Gasteiger partial charge in [-0.05, 0) is 62.4 Å². The molecule has 5 aliphatic rings. The van der Waals surface area contributed by atoms with Crippen molar-refractivity contribution >= 4 is 17.9 Å². The molecule has 4 fully saturated rings. The van der Waals surface area contributed by atoms with E-state index in [0.717, 1.165) is 57.1 Å². The van der Waals surface area contributed by atoms with Crippen molar-refractivity contribution < 1.29 is 33.3 Å². The van der Waals surface area contributed by atoms with Gasteiger partial charge in [-0.25, -0.2) is 0 Å². The minimum absolute atomic E-state index is 0.0312. The Labute approximate surface area is 208 Å². The lowest BCUT2D eigenvalue weighted by molar-refractivity contribution is -0.208. The third-order valence-corrected chi connectivity index (χ3v) is 10.3. The Morgan fingerprint density at radius 3 is 2.29 bits per heavy atom. The molecule has 1 heterocycles. The summed E-state index contributed by atoms with van der Waals surface area (Å²) < 4.78 is 24.3. The molecule has 3 saturated carbocycles. The number of rotatable bonds is 3. The smallest absolute Gasteiger partial charge is 0.303 e. The predicted molar refractivity (Wildman–Crippen MR) is 127 cm³/mol.